The molecule has 148 valence electrons. The fourth-order valence-corrected chi connectivity index (χ4v) is 2.95. The number of carbonyl (C=O) groups is 1. The Morgan fingerprint density at radius 2 is 1.86 bits per heavy atom. The van der Waals surface area contributed by atoms with Gasteiger partial charge in [0.2, 0.25) is 12.7 Å². The second kappa shape index (κ2) is 8.18. The van der Waals surface area contributed by atoms with E-state index in [1.807, 2.05) is 42.5 Å². The molecule has 1 aliphatic rings. The van der Waals surface area contributed by atoms with Gasteiger partial charge < -0.3 is 20.1 Å². The number of rotatable bonds is 6. The Morgan fingerprint density at radius 1 is 1.07 bits per heavy atom. The maximum absolute atomic E-state index is 12.5. The largest absolute Gasteiger partial charge is 0.454 e. The normalized spacial score (nSPS) is 12.1. The van der Waals surface area contributed by atoms with E-state index in [0.717, 1.165) is 22.7 Å². The van der Waals surface area contributed by atoms with Crippen LogP contribution in [0, 0.1) is 0 Å². The highest BCUT2D eigenvalue weighted by molar-refractivity contribution is 6.02. The van der Waals surface area contributed by atoms with Gasteiger partial charge in [-0.05, 0) is 47.4 Å². The summed E-state index contributed by atoms with van der Waals surface area (Å²) in [5, 5.41) is 6.00. The van der Waals surface area contributed by atoms with E-state index in [0.29, 0.717) is 24.1 Å². The minimum atomic E-state index is -0.282. The lowest BCUT2D eigenvalue weighted by Crippen LogP contribution is -2.15. The van der Waals surface area contributed by atoms with E-state index in [1.54, 1.807) is 12.3 Å². The van der Waals surface area contributed by atoms with Gasteiger partial charge in [-0.2, -0.15) is 0 Å². The SMILES string of the molecule is CC(C)c1ccc(NC(=O)c2ccnc(NCc3ccc4c(c3)OCO4)n2)cc1. The summed E-state index contributed by atoms with van der Waals surface area (Å²) in [6.07, 6.45) is 1.56. The number of hydrogen-bond donors (Lipinski definition) is 2. The molecule has 0 unspecified atom stereocenters. The molecule has 0 bridgehead atoms. The van der Waals surface area contributed by atoms with Gasteiger partial charge in [-0.25, -0.2) is 9.97 Å². The zero-order chi connectivity index (χ0) is 20.2. The van der Waals surface area contributed by atoms with Crippen molar-refractivity contribution in [3.63, 3.8) is 0 Å². The number of hydrogen-bond acceptors (Lipinski definition) is 6. The van der Waals surface area contributed by atoms with Gasteiger partial charge in [-0.1, -0.05) is 32.0 Å². The van der Waals surface area contributed by atoms with E-state index in [1.165, 1.54) is 5.56 Å². The number of fused-ring (bicyclic) bond motifs is 1. The van der Waals surface area contributed by atoms with Crippen LogP contribution in [0.4, 0.5) is 11.6 Å². The van der Waals surface area contributed by atoms with Gasteiger partial charge >= 0.3 is 0 Å². The second-order valence-corrected chi connectivity index (χ2v) is 7.04. The van der Waals surface area contributed by atoms with Gasteiger partial charge in [0.25, 0.3) is 5.91 Å². The van der Waals surface area contributed by atoms with E-state index < -0.39 is 0 Å². The number of benzene rings is 2. The summed E-state index contributed by atoms with van der Waals surface area (Å²) in [5.74, 6) is 2.01. The molecule has 0 saturated heterocycles. The van der Waals surface area contributed by atoms with Gasteiger partial charge in [0, 0.05) is 18.4 Å². The van der Waals surface area contributed by atoms with Crippen molar-refractivity contribution in [2.45, 2.75) is 26.3 Å². The van der Waals surface area contributed by atoms with Crippen molar-refractivity contribution in [2.75, 3.05) is 17.4 Å². The Bertz CT molecular complexity index is 1020. The number of anilines is 2. The molecule has 7 nitrogen and oxygen atoms in total. The molecule has 0 spiro atoms. The summed E-state index contributed by atoms with van der Waals surface area (Å²) in [6.45, 7) is 5.00. The highest BCUT2D eigenvalue weighted by atomic mass is 16.7. The van der Waals surface area contributed by atoms with Crippen LogP contribution in [-0.2, 0) is 6.54 Å². The van der Waals surface area contributed by atoms with Crippen LogP contribution in [0.3, 0.4) is 0 Å². The molecule has 2 heterocycles. The highest BCUT2D eigenvalue weighted by Gasteiger charge is 2.14. The average molecular weight is 390 g/mol. The van der Waals surface area contributed by atoms with Gasteiger partial charge in [-0.3, -0.25) is 4.79 Å². The molecule has 3 aromatic rings. The highest BCUT2D eigenvalue weighted by Crippen LogP contribution is 2.32. The minimum absolute atomic E-state index is 0.243. The first-order valence-electron chi connectivity index (χ1n) is 9.45. The molecule has 0 atom stereocenters. The van der Waals surface area contributed by atoms with Crippen LogP contribution < -0.4 is 20.1 Å². The maximum Gasteiger partial charge on any atom is 0.274 e. The predicted octanol–water partition coefficient (Wildman–Crippen LogP) is 4.19. The average Bonchev–Trinajstić information content (AvgIpc) is 3.21. The third kappa shape index (κ3) is 4.45. The summed E-state index contributed by atoms with van der Waals surface area (Å²) in [6, 6.07) is 15.1. The molecule has 4 rings (SSSR count). The topological polar surface area (TPSA) is 85.4 Å². The van der Waals surface area contributed by atoms with E-state index in [9.17, 15) is 4.79 Å². The van der Waals surface area contributed by atoms with Crippen molar-refractivity contribution in [3.8, 4) is 11.5 Å². The maximum atomic E-state index is 12.5. The predicted molar refractivity (Wildman–Crippen MR) is 110 cm³/mol. The van der Waals surface area contributed by atoms with Gasteiger partial charge in [0.15, 0.2) is 11.5 Å². The number of carbonyl (C=O) groups excluding carboxylic acids is 1. The Labute approximate surface area is 169 Å². The van der Waals surface area contributed by atoms with Crippen LogP contribution in [0.1, 0.15) is 41.4 Å². The van der Waals surface area contributed by atoms with Crippen LogP contribution in [0.15, 0.2) is 54.7 Å². The van der Waals surface area contributed by atoms with Gasteiger partial charge in [-0.15, -0.1) is 0 Å². The third-order valence-electron chi connectivity index (χ3n) is 4.61. The van der Waals surface area contributed by atoms with Crippen LogP contribution >= 0.6 is 0 Å². The lowest BCUT2D eigenvalue weighted by Gasteiger charge is -2.09. The molecule has 2 N–H and O–H groups in total. The Hall–Kier alpha value is -3.61. The van der Waals surface area contributed by atoms with Crippen molar-refractivity contribution in [3.05, 3.63) is 71.5 Å². The monoisotopic (exact) mass is 390 g/mol. The first-order valence-corrected chi connectivity index (χ1v) is 9.45. The molecule has 7 heteroatoms. The fraction of sp³-hybridized carbons (Fsp3) is 0.227. The first-order chi connectivity index (χ1) is 14.1. The number of nitrogens with one attached hydrogen (secondary N) is 2. The summed E-state index contributed by atoms with van der Waals surface area (Å²) >= 11 is 0. The molecule has 29 heavy (non-hydrogen) atoms. The number of amides is 1. The van der Waals surface area contributed by atoms with Crippen LogP contribution in [0.2, 0.25) is 0 Å². The molecule has 1 aliphatic heterocycles. The first kappa shape index (κ1) is 18.7. The fourth-order valence-electron chi connectivity index (χ4n) is 2.95. The molecule has 0 radical (unpaired) electrons. The zero-order valence-electron chi connectivity index (χ0n) is 16.3. The van der Waals surface area contributed by atoms with Crippen LogP contribution in [-0.4, -0.2) is 22.7 Å². The summed E-state index contributed by atoms with van der Waals surface area (Å²) < 4.78 is 10.7. The van der Waals surface area contributed by atoms with E-state index in [-0.39, 0.29) is 12.7 Å². The lowest BCUT2D eigenvalue weighted by molar-refractivity contribution is 0.102. The standard InChI is InChI=1S/C22H22N4O3/c1-14(2)16-4-6-17(7-5-16)25-21(27)18-9-10-23-22(26-18)24-12-15-3-8-19-20(11-15)29-13-28-19/h3-11,14H,12-13H2,1-2H3,(H,25,27)(H,23,24,26). The van der Waals surface area contributed by atoms with E-state index >= 15 is 0 Å². The number of nitrogens with zero attached hydrogens (tertiary/aromatic N) is 2. The van der Waals surface area contributed by atoms with Crippen molar-refractivity contribution in [1.29, 1.82) is 0 Å². The molecule has 2 aromatic carbocycles. The van der Waals surface area contributed by atoms with Gasteiger partial charge in [0.1, 0.15) is 5.69 Å². The minimum Gasteiger partial charge on any atom is -0.454 e. The Kier molecular flexibility index (Phi) is 5.29. The van der Waals surface area contributed by atoms with Crippen molar-refractivity contribution in [1.82, 2.24) is 9.97 Å². The Balaban J connectivity index is 1.39. The summed E-state index contributed by atoms with van der Waals surface area (Å²) in [7, 11) is 0. The van der Waals surface area contributed by atoms with E-state index in [2.05, 4.69) is 34.4 Å². The zero-order valence-corrected chi connectivity index (χ0v) is 16.3. The molecule has 0 saturated carbocycles. The number of ether oxygens (including phenoxy) is 2. The molecule has 1 amide bonds. The van der Waals surface area contributed by atoms with Gasteiger partial charge in [0.05, 0.1) is 0 Å². The van der Waals surface area contributed by atoms with Crippen molar-refractivity contribution >= 4 is 17.5 Å². The summed E-state index contributed by atoms with van der Waals surface area (Å²) in [5.41, 5.74) is 3.24. The molecule has 0 aliphatic carbocycles. The van der Waals surface area contributed by atoms with Crippen molar-refractivity contribution in [2.24, 2.45) is 0 Å². The molecule has 1 aromatic heterocycles. The molecule has 0 fully saturated rings. The molecular formula is C22H22N4O3. The third-order valence-corrected chi connectivity index (χ3v) is 4.61. The Morgan fingerprint density at radius 3 is 2.66 bits per heavy atom. The number of aromatic nitrogens is 2. The second-order valence-electron chi connectivity index (χ2n) is 7.04. The van der Waals surface area contributed by atoms with E-state index in [4.69, 9.17) is 9.47 Å². The summed E-state index contributed by atoms with van der Waals surface area (Å²) in [4.78, 5) is 21.0. The van der Waals surface area contributed by atoms with Crippen LogP contribution in [0.5, 0.6) is 11.5 Å². The van der Waals surface area contributed by atoms with Crippen molar-refractivity contribution < 1.29 is 14.3 Å². The molecular weight excluding hydrogens is 368 g/mol. The lowest BCUT2D eigenvalue weighted by atomic mass is 10.0. The smallest absolute Gasteiger partial charge is 0.274 e. The quantitative estimate of drug-likeness (QED) is 0.656. The van der Waals surface area contributed by atoms with Crippen LogP contribution in [0.25, 0.3) is 0 Å².